The van der Waals surface area contributed by atoms with Crippen LogP contribution < -0.4 is 9.80 Å². The molecule has 7 aromatic rings. The summed E-state index contributed by atoms with van der Waals surface area (Å²) in [5, 5.41) is 0. The van der Waals surface area contributed by atoms with Gasteiger partial charge in [-0.15, -0.1) is 0 Å². The lowest BCUT2D eigenvalue weighted by molar-refractivity contribution is -0.00518. The Kier molecular flexibility index (Phi) is 7.98. The molecule has 3 heteroatoms. The van der Waals surface area contributed by atoms with Crippen molar-refractivity contribution in [3.8, 4) is 22.3 Å². The van der Waals surface area contributed by atoms with E-state index in [0.717, 1.165) is 34.8 Å². The van der Waals surface area contributed by atoms with Gasteiger partial charge < -0.3 is 9.80 Å². The third-order valence-corrected chi connectivity index (χ3v) is 14.1. The Morgan fingerprint density at radius 3 is 1.55 bits per heavy atom. The Morgan fingerprint density at radius 2 is 0.927 bits per heavy atom. The summed E-state index contributed by atoms with van der Waals surface area (Å²) in [5.74, 6) is 2.80. The summed E-state index contributed by atoms with van der Waals surface area (Å²) in [6, 6.07) is 65.2. The molecule has 268 valence electrons. The summed E-state index contributed by atoms with van der Waals surface area (Å²) in [5.41, 5.74) is 13.9. The van der Waals surface area contributed by atoms with Crippen LogP contribution in [0.5, 0.6) is 0 Å². The normalized spacial score (nSPS) is 21.9. The molecular weight excluding hydrogens is 685 g/mol. The fraction of sp³-hybridized carbons (Fsp3) is 0.192. The van der Waals surface area contributed by atoms with E-state index in [1.54, 1.807) is 5.56 Å². The maximum atomic E-state index is 2.48. The second-order valence-electron chi connectivity index (χ2n) is 16.5. The number of hydrogen-bond donors (Lipinski definition) is 0. The van der Waals surface area contributed by atoms with E-state index in [1.807, 2.05) is 11.8 Å². The van der Waals surface area contributed by atoms with Gasteiger partial charge >= 0.3 is 0 Å². The summed E-state index contributed by atoms with van der Waals surface area (Å²) in [6.45, 7) is 0. The number of para-hydroxylation sites is 2. The third kappa shape index (κ3) is 5.88. The zero-order valence-corrected chi connectivity index (χ0v) is 31.8. The average molecular weight is 729 g/mol. The van der Waals surface area contributed by atoms with Crippen LogP contribution >= 0.6 is 11.8 Å². The topological polar surface area (TPSA) is 6.48 Å². The van der Waals surface area contributed by atoms with Gasteiger partial charge in [0, 0.05) is 32.5 Å². The standard InChI is InChI=1S/C52H44N2S/c1-2-10-39(11-3-1)40-12-8-13-41(31-40)42-14-9-15-47(32-42)53(44-22-20-43(21-23-44)52-33-36-28-37(34-52)30-38(29-36)35-52)45-24-26-46(27-25-45)54-48-16-4-6-18-50(48)55-51-19-7-5-17-49(51)54/h1-27,31-32,36-38H,28-30,33-35H2. The van der Waals surface area contributed by atoms with Crippen molar-refractivity contribution in [2.75, 3.05) is 9.80 Å². The number of fused-ring (bicyclic) bond motifs is 2. The molecule has 5 aliphatic rings. The molecule has 0 spiro atoms. The van der Waals surface area contributed by atoms with E-state index in [0.29, 0.717) is 5.41 Å². The molecule has 4 bridgehead atoms. The van der Waals surface area contributed by atoms with Gasteiger partial charge in [0.15, 0.2) is 0 Å². The first-order valence-electron chi connectivity index (χ1n) is 20.1. The van der Waals surface area contributed by atoms with Crippen LogP contribution in [0.15, 0.2) is 186 Å². The molecule has 4 fully saturated rings. The minimum atomic E-state index is 0.378. The van der Waals surface area contributed by atoms with Gasteiger partial charge in [-0.25, -0.2) is 0 Å². The lowest BCUT2D eigenvalue weighted by atomic mass is 9.48. The van der Waals surface area contributed by atoms with Gasteiger partial charge in [-0.1, -0.05) is 109 Å². The van der Waals surface area contributed by atoms with Crippen molar-refractivity contribution in [2.24, 2.45) is 17.8 Å². The maximum absolute atomic E-state index is 2.48. The van der Waals surface area contributed by atoms with Crippen molar-refractivity contribution < 1.29 is 0 Å². The zero-order chi connectivity index (χ0) is 36.3. The minimum Gasteiger partial charge on any atom is -0.310 e. The second kappa shape index (κ2) is 13.4. The molecule has 0 saturated heterocycles. The summed E-state index contributed by atoms with van der Waals surface area (Å²) in [6.07, 6.45) is 8.57. The molecule has 2 nitrogen and oxygen atoms in total. The van der Waals surface area contributed by atoms with Crippen molar-refractivity contribution in [2.45, 2.75) is 53.7 Å². The summed E-state index contributed by atoms with van der Waals surface area (Å²) < 4.78 is 0. The maximum Gasteiger partial charge on any atom is 0.0601 e. The molecule has 4 saturated carbocycles. The molecule has 0 aromatic heterocycles. The van der Waals surface area contributed by atoms with E-state index in [1.165, 1.54) is 87.6 Å². The van der Waals surface area contributed by atoms with Crippen LogP contribution in [0.2, 0.25) is 0 Å². The number of benzene rings is 7. The Labute approximate surface area is 329 Å². The fourth-order valence-electron chi connectivity index (χ4n) is 10.9. The Hall–Kier alpha value is -5.51. The molecule has 55 heavy (non-hydrogen) atoms. The Balaban J connectivity index is 0.991. The van der Waals surface area contributed by atoms with Crippen LogP contribution in [0.25, 0.3) is 22.3 Å². The van der Waals surface area contributed by atoms with Crippen LogP contribution in [0.3, 0.4) is 0 Å². The minimum absolute atomic E-state index is 0.378. The van der Waals surface area contributed by atoms with Crippen molar-refractivity contribution in [3.05, 3.63) is 181 Å². The average Bonchev–Trinajstić information content (AvgIpc) is 3.23. The van der Waals surface area contributed by atoms with Crippen LogP contribution in [0.4, 0.5) is 34.1 Å². The highest BCUT2D eigenvalue weighted by atomic mass is 32.2. The third-order valence-electron chi connectivity index (χ3n) is 13.0. The second-order valence-corrected chi connectivity index (χ2v) is 17.6. The van der Waals surface area contributed by atoms with Gasteiger partial charge in [0.05, 0.1) is 11.4 Å². The summed E-state index contributed by atoms with van der Waals surface area (Å²) >= 11 is 1.85. The predicted octanol–water partition coefficient (Wildman–Crippen LogP) is 14.9. The molecule has 1 aliphatic heterocycles. The lowest BCUT2D eigenvalue weighted by Crippen LogP contribution is -2.48. The summed E-state index contributed by atoms with van der Waals surface area (Å²) in [4.78, 5) is 7.42. The first-order valence-corrected chi connectivity index (χ1v) is 20.9. The molecule has 0 unspecified atom stereocenters. The molecule has 0 amide bonds. The molecule has 7 aromatic carbocycles. The SMILES string of the molecule is c1ccc(-c2cccc(-c3cccc(N(c4ccc(N5c6ccccc6Sc6ccccc65)cc4)c4ccc(C56CC7CC(CC(C7)C5)C6)cc4)c3)c2)cc1. The van der Waals surface area contributed by atoms with Crippen molar-refractivity contribution >= 4 is 45.9 Å². The molecule has 4 aliphatic carbocycles. The van der Waals surface area contributed by atoms with Crippen LogP contribution in [0, 0.1) is 17.8 Å². The van der Waals surface area contributed by atoms with E-state index in [2.05, 4.69) is 186 Å². The van der Waals surface area contributed by atoms with Crippen molar-refractivity contribution in [1.29, 1.82) is 0 Å². The lowest BCUT2D eigenvalue weighted by Gasteiger charge is -2.57. The Bertz CT molecular complexity index is 2420. The van der Waals surface area contributed by atoms with Gasteiger partial charge in [0.25, 0.3) is 0 Å². The first-order chi connectivity index (χ1) is 27.2. The van der Waals surface area contributed by atoms with Gasteiger partial charge in [-0.3, -0.25) is 0 Å². The van der Waals surface area contributed by atoms with Gasteiger partial charge in [-0.2, -0.15) is 0 Å². The van der Waals surface area contributed by atoms with E-state index < -0.39 is 0 Å². The Morgan fingerprint density at radius 1 is 0.436 bits per heavy atom. The highest BCUT2D eigenvalue weighted by Crippen LogP contribution is 2.61. The van der Waals surface area contributed by atoms with Gasteiger partial charge in [0.1, 0.15) is 0 Å². The number of hydrogen-bond acceptors (Lipinski definition) is 3. The van der Waals surface area contributed by atoms with E-state index in [4.69, 9.17) is 0 Å². The highest BCUT2D eigenvalue weighted by molar-refractivity contribution is 7.99. The van der Waals surface area contributed by atoms with E-state index in [-0.39, 0.29) is 0 Å². The predicted molar refractivity (Wildman–Crippen MR) is 231 cm³/mol. The molecule has 0 radical (unpaired) electrons. The fourth-order valence-corrected chi connectivity index (χ4v) is 12.0. The van der Waals surface area contributed by atoms with Crippen molar-refractivity contribution in [3.63, 3.8) is 0 Å². The smallest absolute Gasteiger partial charge is 0.0601 e. The number of rotatable bonds is 7. The van der Waals surface area contributed by atoms with Crippen LogP contribution in [-0.2, 0) is 5.41 Å². The van der Waals surface area contributed by atoms with E-state index >= 15 is 0 Å². The molecule has 0 atom stereocenters. The quantitative estimate of drug-likeness (QED) is 0.161. The molecule has 12 rings (SSSR count). The molecule has 1 heterocycles. The monoisotopic (exact) mass is 728 g/mol. The first kappa shape index (κ1) is 32.9. The largest absolute Gasteiger partial charge is 0.310 e. The van der Waals surface area contributed by atoms with Crippen LogP contribution in [0.1, 0.15) is 44.1 Å². The van der Waals surface area contributed by atoms with Crippen molar-refractivity contribution in [1.82, 2.24) is 0 Å². The molecular formula is C52H44N2S. The zero-order valence-electron chi connectivity index (χ0n) is 31.0. The number of anilines is 6. The van der Waals surface area contributed by atoms with Crippen LogP contribution in [-0.4, -0.2) is 0 Å². The van der Waals surface area contributed by atoms with Gasteiger partial charge in [0.2, 0.25) is 0 Å². The summed E-state index contributed by atoms with van der Waals surface area (Å²) in [7, 11) is 0. The van der Waals surface area contributed by atoms with Gasteiger partial charge in [-0.05, 0) is 168 Å². The number of nitrogens with zero attached hydrogens (tertiary/aromatic N) is 2. The molecule has 0 N–H and O–H groups in total. The highest BCUT2D eigenvalue weighted by Gasteiger charge is 2.51. The van der Waals surface area contributed by atoms with E-state index in [9.17, 15) is 0 Å².